The number of hydrogen-bond acceptors (Lipinski definition) is 5. The molecule has 4 fully saturated rings. The van der Waals surface area contributed by atoms with Crippen molar-refractivity contribution in [2.75, 3.05) is 13.2 Å². The summed E-state index contributed by atoms with van der Waals surface area (Å²) in [4.78, 5) is 12.3. The van der Waals surface area contributed by atoms with E-state index in [9.17, 15) is 4.79 Å². The number of hydrogen-bond donors (Lipinski definition) is 1. The van der Waals surface area contributed by atoms with Crippen molar-refractivity contribution in [1.29, 1.82) is 0 Å². The van der Waals surface area contributed by atoms with Crippen molar-refractivity contribution >= 4 is 5.91 Å². The van der Waals surface area contributed by atoms with Crippen LogP contribution in [0.25, 0.3) is 5.69 Å². The van der Waals surface area contributed by atoms with Gasteiger partial charge in [-0.15, -0.1) is 5.10 Å². The van der Waals surface area contributed by atoms with Gasteiger partial charge in [0.05, 0.1) is 5.69 Å². The van der Waals surface area contributed by atoms with Crippen molar-refractivity contribution in [3.8, 4) is 11.4 Å². The maximum absolute atomic E-state index is 12.3. The number of rotatable bonds is 6. The van der Waals surface area contributed by atoms with E-state index >= 15 is 0 Å². The second kappa shape index (κ2) is 6.62. The van der Waals surface area contributed by atoms with Crippen LogP contribution in [0.1, 0.15) is 38.5 Å². The Balaban J connectivity index is 1.15. The van der Waals surface area contributed by atoms with E-state index < -0.39 is 0 Å². The van der Waals surface area contributed by atoms with Crippen molar-refractivity contribution in [2.24, 2.45) is 23.2 Å². The van der Waals surface area contributed by atoms with Gasteiger partial charge >= 0.3 is 0 Å². The first kappa shape index (κ1) is 16.7. The number of ether oxygens (including phenoxy) is 1. The Hall–Kier alpha value is -2.44. The number of amides is 1. The summed E-state index contributed by atoms with van der Waals surface area (Å²) in [6.45, 7) is 0.842. The summed E-state index contributed by atoms with van der Waals surface area (Å²) in [5.74, 6) is 3.29. The predicted octanol–water partition coefficient (Wildman–Crippen LogP) is 2.37. The van der Waals surface area contributed by atoms with Gasteiger partial charge in [-0.2, -0.15) is 0 Å². The van der Waals surface area contributed by atoms with E-state index in [1.165, 1.54) is 44.9 Å². The number of carbonyl (C=O) groups excluding carboxylic acids is 1. The molecule has 4 aliphatic carbocycles. The molecule has 1 heterocycles. The topological polar surface area (TPSA) is 81.9 Å². The maximum Gasteiger partial charge on any atom is 0.257 e. The van der Waals surface area contributed by atoms with Gasteiger partial charge in [0, 0.05) is 12.6 Å². The molecule has 27 heavy (non-hydrogen) atoms. The lowest BCUT2D eigenvalue weighted by molar-refractivity contribution is -0.125. The third-order valence-electron chi connectivity index (χ3n) is 6.63. The molecule has 0 radical (unpaired) electrons. The van der Waals surface area contributed by atoms with E-state index in [0.717, 1.165) is 30.0 Å². The van der Waals surface area contributed by atoms with Crippen LogP contribution in [0.2, 0.25) is 0 Å². The monoisotopic (exact) mass is 367 g/mol. The number of benzene rings is 1. The summed E-state index contributed by atoms with van der Waals surface area (Å²) in [5, 5.41) is 14.3. The molecule has 0 unspecified atom stereocenters. The first-order valence-corrected chi connectivity index (χ1v) is 9.90. The first-order valence-electron chi connectivity index (χ1n) is 9.90. The molecule has 4 aliphatic rings. The van der Waals surface area contributed by atoms with Crippen LogP contribution in [-0.2, 0) is 4.79 Å². The predicted molar refractivity (Wildman–Crippen MR) is 98.3 cm³/mol. The minimum Gasteiger partial charge on any atom is -0.484 e. The summed E-state index contributed by atoms with van der Waals surface area (Å²) in [6, 6.07) is 7.40. The van der Waals surface area contributed by atoms with Crippen LogP contribution in [0.5, 0.6) is 5.75 Å². The zero-order valence-electron chi connectivity index (χ0n) is 15.4. The standard InChI is InChI=1S/C20H25N5O2/c26-19(11-27-18-3-1-2-17(7-18)25-13-22-23-24-25)21-12-20-8-14-4-15(9-20)6-16(5-14)10-20/h1-3,7,13-16H,4-6,8-12H2,(H,21,26). The molecule has 2 aromatic rings. The largest absolute Gasteiger partial charge is 0.484 e. The maximum atomic E-state index is 12.3. The van der Waals surface area contributed by atoms with Crippen LogP contribution in [0.15, 0.2) is 30.6 Å². The molecule has 0 aliphatic heterocycles. The highest BCUT2D eigenvalue weighted by atomic mass is 16.5. The zero-order valence-corrected chi connectivity index (χ0v) is 15.4. The number of aromatic nitrogens is 4. The highest BCUT2D eigenvalue weighted by Gasteiger charge is 2.50. The molecule has 4 saturated carbocycles. The van der Waals surface area contributed by atoms with Crippen LogP contribution < -0.4 is 10.1 Å². The first-order chi connectivity index (χ1) is 13.2. The second-order valence-corrected chi connectivity index (χ2v) is 8.73. The molecule has 7 nitrogen and oxygen atoms in total. The van der Waals surface area contributed by atoms with Gasteiger partial charge in [0.1, 0.15) is 12.1 Å². The lowest BCUT2D eigenvalue weighted by atomic mass is 9.49. The summed E-state index contributed by atoms with van der Waals surface area (Å²) in [6.07, 6.45) is 9.70. The van der Waals surface area contributed by atoms with E-state index in [0.29, 0.717) is 11.2 Å². The SMILES string of the molecule is O=C(COc1cccc(-n2cnnn2)c1)NCC12CC3CC(CC(C3)C1)C2. The Kier molecular flexibility index (Phi) is 4.10. The Morgan fingerprint density at radius 1 is 1.19 bits per heavy atom. The number of tetrazole rings is 1. The average molecular weight is 367 g/mol. The molecule has 0 spiro atoms. The summed E-state index contributed by atoms with van der Waals surface area (Å²) in [7, 11) is 0. The number of nitrogens with one attached hydrogen (secondary N) is 1. The molecule has 1 aromatic heterocycles. The normalized spacial score (nSPS) is 31.0. The van der Waals surface area contributed by atoms with Gasteiger partial charge in [0.2, 0.25) is 0 Å². The molecule has 1 aromatic carbocycles. The number of nitrogens with zero attached hydrogens (tertiary/aromatic N) is 4. The summed E-state index contributed by atoms with van der Waals surface area (Å²) >= 11 is 0. The minimum atomic E-state index is -0.0430. The highest BCUT2D eigenvalue weighted by molar-refractivity contribution is 5.77. The van der Waals surface area contributed by atoms with Gasteiger partial charge in [-0.05, 0) is 84.3 Å². The van der Waals surface area contributed by atoms with Gasteiger partial charge in [0.15, 0.2) is 6.61 Å². The lowest BCUT2D eigenvalue weighted by Crippen LogP contribution is -2.51. The second-order valence-electron chi connectivity index (χ2n) is 8.73. The van der Waals surface area contributed by atoms with Gasteiger partial charge < -0.3 is 10.1 Å². The highest BCUT2D eigenvalue weighted by Crippen LogP contribution is 2.59. The quantitative estimate of drug-likeness (QED) is 0.848. The van der Waals surface area contributed by atoms with Crippen molar-refractivity contribution in [3.05, 3.63) is 30.6 Å². The Morgan fingerprint density at radius 2 is 1.93 bits per heavy atom. The third kappa shape index (κ3) is 3.42. The molecule has 1 amide bonds. The molecular formula is C20H25N5O2. The molecule has 142 valence electrons. The van der Waals surface area contributed by atoms with E-state index in [1.54, 1.807) is 4.68 Å². The van der Waals surface area contributed by atoms with Crippen LogP contribution in [0.3, 0.4) is 0 Å². The van der Waals surface area contributed by atoms with Crippen LogP contribution in [-0.4, -0.2) is 39.3 Å². The molecule has 1 N–H and O–H groups in total. The van der Waals surface area contributed by atoms with Crippen molar-refractivity contribution in [3.63, 3.8) is 0 Å². The van der Waals surface area contributed by atoms with Crippen molar-refractivity contribution < 1.29 is 9.53 Å². The molecule has 0 saturated heterocycles. The fourth-order valence-electron chi connectivity index (χ4n) is 5.99. The van der Waals surface area contributed by atoms with E-state index in [2.05, 4.69) is 20.8 Å². The van der Waals surface area contributed by atoms with Crippen molar-refractivity contribution in [1.82, 2.24) is 25.5 Å². The van der Waals surface area contributed by atoms with Crippen molar-refractivity contribution in [2.45, 2.75) is 38.5 Å². The Labute approximate surface area is 158 Å². The van der Waals surface area contributed by atoms with E-state index in [-0.39, 0.29) is 12.5 Å². The average Bonchev–Trinajstić information content (AvgIpc) is 3.19. The van der Waals surface area contributed by atoms with Gasteiger partial charge in [-0.3, -0.25) is 4.79 Å². The van der Waals surface area contributed by atoms with Gasteiger partial charge in [-0.1, -0.05) is 6.07 Å². The molecule has 6 rings (SSSR count). The third-order valence-corrected chi connectivity index (χ3v) is 6.63. The lowest BCUT2D eigenvalue weighted by Gasteiger charge is -2.56. The molecular weight excluding hydrogens is 342 g/mol. The van der Waals surface area contributed by atoms with Crippen LogP contribution in [0, 0.1) is 23.2 Å². The van der Waals surface area contributed by atoms with Crippen LogP contribution in [0.4, 0.5) is 0 Å². The Morgan fingerprint density at radius 3 is 2.59 bits per heavy atom. The minimum absolute atomic E-state index is 0.0332. The van der Waals surface area contributed by atoms with Gasteiger partial charge in [-0.25, -0.2) is 4.68 Å². The smallest absolute Gasteiger partial charge is 0.257 e. The molecule has 4 bridgehead atoms. The zero-order chi connectivity index (χ0) is 18.3. The fourth-order valence-corrected chi connectivity index (χ4v) is 5.99. The molecule has 0 atom stereocenters. The Bertz CT molecular complexity index is 784. The summed E-state index contributed by atoms with van der Waals surface area (Å²) in [5.41, 5.74) is 1.15. The van der Waals surface area contributed by atoms with Gasteiger partial charge in [0.25, 0.3) is 5.91 Å². The van der Waals surface area contributed by atoms with E-state index in [4.69, 9.17) is 4.74 Å². The summed E-state index contributed by atoms with van der Waals surface area (Å²) < 4.78 is 7.24. The fraction of sp³-hybridized carbons (Fsp3) is 0.600. The van der Waals surface area contributed by atoms with Crippen LogP contribution >= 0.6 is 0 Å². The molecule has 7 heteroatoms. The number of carbonyl (C=O) groups is 1. The van der Waals surface area contributed by atoms with E-state index in [1.807, 2.05) is 24.3 Å².